The molecule has 0 aliphatic rings. The number of ketones is 1. The standard InChI is InChI=1S/C14H15NO.3C2H6/c1-10(16)14(15)9-12-7-4-6-11-5-2-3-8-13(11)12;3*1-2/h2-8,14H,9,15H2,1H3;3*1-2H3. The number of rotatable bonds is 3. The van der Waals surface area contributed by atoms with E-state index in [-0.39, 0.29) is 5.78 Å². The molecule has 124 valence electrons. The first-order valence-electron chi connectivity index (χ1n) is 8.41. The second kappa shape index (κ2) is 14.3. The van der Waals surface area contributed by atoms with Crippen LogP contribution in [0.15, 0.2) is 42.5 Å². The highest BCUT2D eigenvalue weighted by molar-refractivity contribution is 5.87. The third-order valence-electron chi connectivity index (χ3n) is 2.84. The first-order valence-corrected chi connectivity index (χ1v) is 8.41. The van der Waals surface area contributed by atoms with E-state index >= 15 is 0 Å². The Labute approximate surface area is 136 Å². The summed E-state index contributed by atoms with van der Waals surface area (Å²) in [4.78, 5) is 11.2. The monoisotopic (exact) mass is 303 g/mol. The Balaban J connectivity index is 0. The first-order chi connectivity index (χ1) is 10.7. The minimum absolute atomic E-state index is 0.0351. The summed E-state index contributed by atoms with van der Waals surface area (Å²) in [7, 11) is 0. The Bertz CT molecular complexity index is 515. The van der Waals surface area contributed by atoms with Crippen LogP contribution >= 0.6 is 0 Å². The van der Waals surface area contributed by atoms with Crippen LogP contribution in [0.1, 0.15) is 54.0 Å². The summed E-state index contributed by atoms with van der Waals surface area (Å²) in [5, 5.41) is 2.37. The van der Waals surface area contributed by atoms with Crippen molar-refractivity contribution in [3.05, 3.63) is 48.0 Å². The van der Waals surface area contributed by atoms with Gasteiger partial charge in [0.25, 0.3) is 0 Å². The van der Waals surface area contributed by atoms with E-state index in [0.29, 0.717) is 6.42 Å². The zero-order chi connectivity index (χ0) is 17.5. The number of carbonyl (C=O) groups excluding carboxylic acids is 1. The fourth-order valence-corrected chi connectivity index (χ4v) is 1.85. The van der Waals surface area contributed by atoms with Gasteiger partial charge in [-0.1, -0.05) is 84.0 Å². The summed E-state index contributed by atoms with van der Waals surface area (Å²) in [6.45, 7) is 13.5. The molecule has 1 unspecified atom stereocenters. The highest BCUT2D eigenvalue weighted by Gasteiger charge is 2.10. The lowest BCUT2D eigenvalue weighted by molar-refractivity contribution is -0.118. The Hall–Kier alpha value is -1.67. The minimum atomic E-state index is -0.397. The second-order valence-electron chi connectivity index (χ2n) is 4.06. The fourth-order valence-electron chi connectivity index (χ4n) is 1.85. The molecule has 0 saturated carbocycles. The maximum Gasteiger partial charge on any atom is 0.146 e. The molecule has 0 heterocycles. The van der Waals surface area contributed by atoms with Gasteiger partial charge in [-0.3, -0.25) is 4.79 Å². The normalized spacial score (nSPS) is 10.0. The van der Waals surface area contributed by atoms with Crippen LogP contribution in [-0.4, -0.2) is 11.8 Å². The summed E-state index contributed by atoms with van der Waals surface area (Å²) in [6, 6.07) is 13.9. The van der Waals surface area contributed by atoms with E-state index in [1.807, 2.05) is 65.8 Å². The van der Waals surface area contributed by atoms with Crippen molar-refractivity contribution in [3.8, 4) is 0 Å². The van der Waals surface area contributed by atoms with E-state index in [1.165, 1.54) is 17.7 Å². The molecule has 0 saturated heterocycles. The highest BCUT2D eigenvalue weighted by Crippen LogP contribution is 2.19. The van der Waals surface area contributed by atoms with Gasteiger partial charge in [0.2, 0.25) is 0 Å². The van der Waals surface area contributed by atoms with Gasteiger partial charge in [-0.15, -0.1) is 0 Å². The zero-order valence-electron chi connectivity index (χ0n) is 15.3. The van der Waals surface area contributed by atoms with Gasteiger partial charge >= 0.3 is 0 Å². The molecule has 2 aromatic carbocycles. The van der Waals surface area contributed by atoms with Gasteiger partial charge in [-0.2, -0.15) is 0 Å². The van der Waals surface area contributed by atoms with E-state index in [1.54, 1.807) is 0 Å². The number of carbonyl (C=O) groups is 1. The summed E-state index contributed by atoms with van der Waals surface area (Å²) < 4.78 is 0. The summed E-state index contributed by atoms with van der Waals surface area (Å²) in [5.74, 6) is 0.0351. The number of benzene rings is 2. The predicted octanol–water partition coefficient (Wildman–Crippen LogP) is 5.38. The van der Waals surface area contributed by atoms with Gasteiger partial charge in [0.05, 0.1) is 6.04 Å². The van der Waals surface area contributed by atoms with Crippen molar-refractivity contribution in [3.63, 3.8) is 0 Å². The van der Waals surface area contributed by atoms with Gasteiger partial charge in [0.1, 0.15) is 5.78 Å². The molecule has 2 heteroatoms. The maximum absolute atomic E-state index is 11.2. The number of fused-ring (bicyclic) bond motifs is 1. The molecule has 2 N–H and O–H groups in total. The molecule has 0 bridgehead atoms. The largest absolute Gasteiger partial charge is 0.321 e. The van der Waals surface area contributed by atoms with Crippen molar-refractivity contribution in [2.75, 3.05) is 0 Å². The molecule has 0 fully saturated rings. The molecule has 22 heavy (non-hydrogen) atoms. The van der Waals surface area contributed by atoms with E-state index < -0.39 is 6.04 Å². The third kappa shape index (κ3) is 7.37. The van der Waals surface area contributed by atoms with Crippen LogP contribution in [0, 0.1) is 0 Å². The van der Waals surface area contributed by atoms with Crippen LogP contribution in [0.4, 0.5) is 0 Å². The SMILES string of the molecule is CC.CC.CC.CC(=O)C(N)Cc1cccc2ccccc12. The van der Waals surface area contributed by atoms with Gasteiger partial charge in [-0.25, -0.2) is 0 Å². The minimum Gasteiger partial charge on any atom is -0.321 e. The van der Waals surface area contributed by atoms with Crippen molar-refractivity contribution in [2.45, 2.75) is 60.9 Å². The number of nitrogens with two attached hydrogens (primary N) is 1. The molecule has 2 rings (SSSR count). The molecule has 2 aromatic rings. The first kappa shape index (κ1) is 22.6. The van der Waals surface area contributed by atoms with E-state index in [9.17, 15) is 4.79 Å². The van der Waals surface area contributed by atoms with Crippen LogP contribution in [0.3, 0.4) is 0 Å². The molecule has 0 spiro atoms. The van der Waals surface area contributed by atoms with Gasteiger partial charge in [-0.05, 0) is 29.7 Å². The number of hydrogen-bond donors (Lipinski definition) is 1. The average Bonchev–Trinajstić information content (AvgIpc) is 2.60. The topological polar surface area (TPSA) is 43.1 Å². The lowest BCUT2D eigenvalue weighted by Crippen LogP contribution is -2.30. The Kier molecular flexibility index (Phi) is 14.7. The molecule has 2 nitrogen and oxygen atoms in total. The van der Waals surface area contributed by atoms with Crippen LogP contribution in [0.5, 0.6) is 0 Å². The van der Waals surface area contributed by atoms with Crippen LogP contribution in [0.2, 0.25) is 0 Å². The van der Waals surface area contributed by atoms with E-state index in [2.05, 4.69) is 18.2 Å². The van der Waals surface area contributed by atoms with Crippen LogP contribution in [0.25, 0.3) is 10.8 Å². The predicted molar refractivity (Wildman–Crippen MR) is 100 cm³/mol. The second-order valence-corrected chi connectivity index (χ2v) is 4.06. The molecular weight excluding hydrogens is 270 g/mol. The van der Waals surface area contributed by atoms with Crippen molar-refractivity contribution >= 4 is 16.6 Å². The molecule has 1 atom stereocenters. The smallest absolute Gasteiger partial charge is 0.146 e. The van der Waals surface area contributed by atoms with E-state index in [0.717, 1.165) is 5.56 Å². The van der Waals surface area contributed by atoms with Gasteiger partial charge in [0.15, 0.2) is 0 Å². The molecule has 0 amide bonds. The summed E-state index contributed by atoms with van der Waals surface area (Å²) >= 11 is 0. The average molecular weight is 303 g/mol. The lowest BCUT2D eigenvalue weighted by atomic mass is 9.98. The lowest BCUT2D eigenvalue weighted by Gasteiger charge is -2.10. The third-order valence-corrected chi connectivity index (χ3v) is 2.84. The fraction of sp³-hybridized carbons (Fsp3) is 0.450. The molecule has 0 aliphatic carbocycles. The van der Waals surface area contributed by atoms with Crippen molar-refractivity contribution in [2.24, 2.45) is 5.73 Å². The molecule has 0 aromatic heterocycles. The molecular formula is C20H33NO. The Morgan fingerprint density at radius 2 is 1.41 bits per heavy atom. The molecule has 0 radical (unpaired) electrons. The summed E-state index contributed by atoms with van der Waals surface area (Å²) in [5.41, 5.74) is 6.93. The highest BCUT2D eigenvalue weighted by atomic mass is 16.1. The Morgan fingerprint density at radius 3 is 1.95 bits per heavy atom. The molecule has 0 aliphatic heterocycles. The van der Waals surface area contributed by atoms with Crippen molar-refractivity contribution in [1.29, 1.82) is 0 Å². The number of hydrogen-bond acceptors (Lipinski definition) is 2. The number of Topliss-reactive ketones (excluding diaryl/α,β-unsaturated/α-hetero) is 1. The van der Waals surface area contributed by atoms with Gasteiger partial charge in [0, 0.05) is 0 Å². The van der Waals surface area contributed by atoms with Crippen molar-refractivity contribution < 1.29 is 4.79 Å². The van der Waals surface area contributed by atoms with E-state index in [4.69, 9.17) is 5.73 Å². The quantitative estimate of drug-likeness (QED) is 0.827. The Morgan fingerprint density at radius 1 is 0.909 bits per heavy atom. The zero-order valence-corrected chi connectivity index (χ0v) is 15.3. The summed E-state index contributed by atoms with van der Waals surface area (Å²) in [6.07, 6.45) is 0.608. The maximum atomic E-state index is 11.2. The van der Waals surface area contributed by atoms with Crippen molar-refractivity contribution in [1.82, 2.24) is 0 Å². The van der Waals surface area contributed by atoms with Crippen LogP contribution in [-0.2, 0) is 11.2 Å². The van der Waals surface area contributed by atoms with Gasteiger partial charge < -0.3 is 5.73 Å². The van der Waals surface area contributed by atoms with Crippen LogP contribution < -0.4 is 5.73 Å².